The topological polar surface area (TPSA) is 9.23 Å². The number of hydrogen-bond acceptors (Lipinski definition) is 1. The zero-order valence-electron chi connectivity index (χ0n) is 9.58. The van der Waals surface area contributed by atoms with Crippen LogP contribution in [-0.2, 0) is 10.8 Å². The van der Waals surface area contributed by atoms with Crippen LogP contribution in [0.3, 0.4) is 0 Å². The molecule has 1 aromatic carbocycles. The second-order valence-corrected chi connectivity index (χ2v) is 9.19. The predicted octanol–water partition coefficient (Wildman–Crippen LogP) is 3.47. The Kier molecular flexibility index (Phi) is 3.90. The van der Waals surface area contributed by atoms with Gasteiger partial charge in [-0.3, -0.25) is 0 Å². The van der Waals surface area contributed by atoms with E-state index in [0.29, 0.717) is 6.10 Å². The molecule has 1 atom stereocenters. The summed E-state index contributed by atoms with van der Waals surface area (Å²) in [4.78, 5) is 0. The highest BCUT2D eigenvalue weighted by Crippen LogP contribution is 2.11. The van der Waals surface area contributed by atoms with E-state index in [-0.39, 0.29) is 0 Å². The van der Waals surface area contributed by atoms with Crippen LogP contribution in [0.15, 0.2) is 30.3 Å². The molecule has 0 fully saturated rings. The van der Waals surface area contributed by atoms with E-state index in [4.69, 9.17) is 4.43 Å². The highest BCUT2D eigenvalue weighted by molar-refractivity contribution is 6.69. The molecule has 0 N–H and O–H groups in total. The molecule has 1 nitrogen and oxygen atoms in total. The number of hydrogen-bond donors (Lipinski definition) is 0. The highest BCUT2D eigenvalue weighted by Gasteiger charge is 2.17. The van der Waals surface area contributed by atoms with E-state index in [1.165, 1.54) is 5.56 Å². The van der Waals surface area contributed by atoms with Crippen LogP contribution in [0.4, 0.5) is 0 Å². The van der Waals surface area contributed by atoms with Crippen LogP contribution in [0.25, 0.3) is 0 Å². The average molecular weight is 208 g/mol. The Morgan fingerprint density at radius 1 is 1.14 bits per heavy atom. The van der Waals surface area contributed by atoms with Crippen LogP contribution in [0.5, 0.6) is 0 Å². The van der Waals surface area contributed by atoms with Crippen molar-refractivity contribution >= 4 is 8.32 Å². The Morgan fingerprint density at radius 3 is 2.21 bits per heavy atom. The third-order valence-electron chi connectivity index (χ3n) is 1.92. The van der Waals surface area contributed by atoms with E-state index in [1.54, 1.807) is 0 Å². The van der Waals surface area contributed by atoms with Crippen LogP contribution in [0.1, 0.15) is 12.5 Å². The number of benzene rings is 1. The van der Waals surface area contributed by atoms with Gasteiger partial charge in [-0.1, -0.05) is 30.3 Å². The molecule has 1 aromatic rings. The van der Waals surface area contributed by atoms with Gasteiger partial charge < -0.3 is 4.43 Å². The summed E-state index contributed by atoms with van der Waals surface area (Å²) >= 11 is 0. The van der Waals surface area contributed by atoms with Crippen molar-refractivity contribution in [3.63, 3.8) is 0 Å². The summed E-state index contributed by atoms with van der Waals surface area (Å²) in [6.07, 6.45) is 1.36. The second-order valence-electron chi connectivity index (χ2n) is 4.73. The lowest BCUT2D eigenvalue weighted by atomic mass is 10.1. The van der Waals surface area contributed by atoms with Crippen molar-refractivity contribution in [2.24, 2.45) is 0 Å². The molecule has 0 saturated heterocycles. The quantitative estimate of drug-likeness (QED) is 0.688. The lowest BCUT2D eigenvalue weighted by molar-refractivity contribution is 0.214. The summed E-state index contributed by atoms with van der Waals surface area (Å²) in [5.74, 6) is 0. The van der Waals surface area contributed by atoms with Gasteiger partial charge in [-0.05, 0) is 38.5 Å². The fraction of sp³-hybridized carbons (Fsp3) is 0.500. The molecule has 0 aromatic heterocycles. The largest absolute Gasteiger partial charge is 0.415 e. The predicted molar refractivity (Wildman–Crippen MR) is 64.0 cm³/mol. The van der Waals surface area contributed by atoms with Crippen LogP contribution in [0, 0.1) is 0 Å². The molecule has 78 valence electrons. The summed E-state index contributed by atoms with van der Waals surface area (Å²) in [5, 5.41) is 0. The van der Waals surface area contributed by atoms with Crippen molar-refractivity contribution in [2.45, 2.75) is 39.1 Å². The minimum absolute atomic E-state index is 0.337. The third-order valence-corrected chi connectivity index (χ3v) is 3.03. The van der Waals surface area contributed by atoms with Gasteiger partial charge in [-0.2, -0.15) is 0 Å². The lowest BCUT2D eigenvalue weighted by Gasteiger charge is -2.23. The molecule has 1 rings (SSSR count). The van der Waals surface area contributed by atoms with Crippen LogP contribution in [0.2, 0.25) is 19.6 Å². The zero-order valence-corrected chi connectivity index (χ0v) is 10.6. The van der Waals surface area contributed by atoms with E-state index in [2.05, 4.69) is 50.8 Å². The molecule has 0 aliphatic carbocycles. The first-order valence-corrected chi connectivity index (χ1v) is 8.60. The Balaban J connectivity index is 2.46. The molecule has 0 bridgehead atoms. The molecule has 1 unspecified atom stereocenters. The van der Waals surface area contributed by atoms with Gasteiger partial charge in [-0.25, -0.2) is 0 Å². The van der Waals surface area contributed by atoms with Crippen molar-refractivity contribution in [2.75, 3.05) is 0 Å². The molecule has 14 heavy (non-hydrogen) atoms. The van der Waals surface area contributed by atoms with Gasteiger partial charge in [0.25, 0.3) is 0 Å². The fourth-order valence-corrected chi connectivity index (χ4v) is 2.88. The Labute approximate surface area is 88.2 Å². The van der Waals surface area contributed by atoms with Gasteiger partial charge in [0.15, 0.2) is 8.32 Å². The Bertz CT molecular complexity index is 263. The van der Waals surface area contributed by atoms with Crippen molar-refractivity contribution in [1.82, 2.24) is 0 Å². The third kappa shape index (κ3) is 4.58. The van der Waals surface area contributed by atoms with E-state index >= 15 is 0 Å². The van der Waals surface area contributed by atoms with E-state index < -0.39 is 8.32 Å². The summed E-state index contributed by atoms with van der Waals surface area (Å²) in [6, 6.07) is 10.5. The van der Waals surface area contributed by atoms with Crippen molar-refractivity contribution in [3.05, 3.63) is 35.9 Å². The van der Waals surface area contributed by atoms with Gasteiger partial charge in [0, 0.05) is 6.10 Å². The second kappa shape index (κ2) is 4.76. The molecule has 0 spiro atoms. The van der Waals surface area contributed by atoms with Gasteiger partial charge in [-0.15, -0.1) is 0 Å². The summed E-state index contributed by atoms with van der Waals surface area (Å²) < 4.78 is 5.98. The molecule has 0 amide bonds. The number of rotatable bonds is 4. The lowest BCUT2D eigenvalue weighted by Crippen LogP contribution is -2.31. The highest BCUT2D eigenvalue weighted by atomic mass is 28.4. The van der Waals surface area contributed by atoms with Crippen LogP contribution in [-0.4, -0.2) is 14.4 Å². The van der Waals surface area contributed by atoms with Gasteiger partial charge in [0.2, 0.25) is 0 Å². The zero-order chi connectivity index (χ0) is 10.6. The molecule has 0 radical (unpaired) electrons. The molecule has 0 aliphatic heterocycles. The maximum atomic E-state index is 5.98. The maximum Gasteiger partial charge on any atom is 0.184 e. The van der Waals surface area contributed by atoms with Crippen LogP contribution < -0.4 is 0 Å². The minimum Gasteiger partial charge on any atom is -0.415 e. The van der Waals surface area contributed by atoms with Gasteiger partial charge in [0.1, 0.15) is 0 Å². The van der Waals surface area contributed by atoms with E-state index in [9.17, 15) is 0 Å². The Hall–Kier alpha value is -0.603. The normalized spacial score (nSPS) is 14.0. The Morgan fingerprint density at radius 2 is 1.71 bits per heavy atom. The fourth-order valence-electron chi connectivity index (χ4n) is 1.59. The van der Waals surface area contributed by atoms with E-state index in [0.717, 1.165) is 6.42 Å². The first-order valence-electron chi connectivity index (χ1n) is 5.19. The summed E-state index contributed by atoms with van der Waals surface area (Å²) in [5.41, 5.74) is 1.36. The molecule has 0 heterocycles. The molecule has 0 aliphatic rings. The first-order chi connectivity index (χ1) is 6.47. The molecular weight excluding hydrogens is 188 g/mol. The molecule has 2 heteroatoms. The summed E-state index contributed by atoms with van der Waals surface area (Å²) in [7, 11) is -1.37. The van der Waals surface area contributed by atoms with Crippen molar-refractivity contribution in [3.8, 4) is 0 Å². The average Bonchev–Trinajstić information content (AvgIpc) is 2.02. The van der Waals surface area contributed by atoms with Crippen LogP contribution >= 0.6 is 0 Å². The standard InChI is InChI=1S/C12H20OSi/c1-11(13-14(2,3)4)10-12-8-6-5-7-9-12/h5-9,11H,10H2,1-4H3. The molecular formula is C12H20OSi. The minimum atomic E-state index is -1.37. The van der Waals surface area contributed by atoms with Gasteiger partial charge >= 0.3 is 0 Å². The monoisotopic (exact) mass is 208 g/mol. The van der Waals surface area contributed by atoms with E-state index in [1.807, 2.05) is 6.07 Å². The van der Waals surface area contributed by atoms with Gasteiger partial charge in [0.05, 0.1) is 0 Å². The SMILES string of the molecule is CC(Cc1ccccc1)O[Si](C)(C)C. The smallest absolute Gasteiger partial charge is 0.184 e. The van der Waals surface area contributed by atoms with Crippen molar-refractivity contribution in [1.29, 1.82) is 0 Å². The summed E-state index contributed by atoms with van der Waals surface area (Å²) in [6.45, 7) is 8.85. The molecule has 0 saturated carbocycles. The first kappa shape index (κ1) is 11.5. The maximum absolute atomic E-state index is 5.98. The van der Waals surface area contributed by atoms with Crippen molar-refractivity contribution < 1.29 is 4.43 Å².